The Bertz CT molecular complexity index is 2680. The van der Waals surface area contributed by atoms with E-state index in [2.05, 4.69) is 44.8 Å². The SMILES string of the molecule is COc1ccc(CNc2c(C)c(-c3ccccn3)nc3cc(F)ccc23)cc1.Cc1c(-c2ccccn2)nc2cc(F)ccc2c1Nc1nsc(N2CCOCC2)n1. The third-order valence-electron chi connectivity index (χ3n) is 9.76. The van der Waals surface area contributed by atoms with Gasteiger partial charge in [-0.05, 0) is 80.1 Å². The molecule has 0 amide bonds. The van der Waals surface area contributed by atoms with Gasteiger partial charge >= 0.3 is 0 Å². The van der Waals surface area contributed by atoms with Gasteiger partial charge in [-0.1, -0.05) is 24.3 Å². The molecule has 1 aliphatic heterocycles. The van der Waals surface area contributed by atoms with Gasteiger partial charge in [0.15, 0.2) is 0 Å². The molecule has 1 aliphatic rings. The quantitative estimate of drug-likeness (QED) is 0.145. The van der Waals surface area contributed by atoms with Gasteiger partial charge in [0.05, 0.1) is 59.8 Å². The number of methoxy groups -OCH3 is 1. The van der Waals surface area contributed by atoms with Crippen LogP contribution in [0.15, 0.2) is 109 Å². The fourth-order valence-electron chi connectivity index (χ4n) is 6.76. The highest BCUT2D eigenvalue weighted by molar-refractivity contribution is 7.09. The van der Waals surface area contributed by atoms with Crippen LogP contribution in [-0.2, 0) is 11.3 Å². The van der Waals surface area contributed by atoms with E-state index in [9.17, 15) is 8.78 Å². The van der Waals surface area contributed by atoms with Crippen molar-refractivity contribution in [3.63, 3.8) is 0 Å². The molecule has 0 unspecified atom stereocenters. The molecule has 14 heteroatoms. The summed E-state index contributed by atoms with van der Waals surface area (Å²) in [6.07, 6.45) is 3.45. The van der Waals surface area contributed by atoms with Crippen LogP contribution in [-0.4, -0.2) is 62.7 Å². The van der Waals surface area contributed by atoms with Crippen LogP contribution < -0.4 is 20.3 Å². The number of rotatable bonds is 9. The van der Waals surface area contributed by atoms with Crippen LogP contribution in [0.4, 0.5) is 31.2 Å². The van der Waals surface area contributed by atoms with Gasteiger partial charge in [-0.3, -0.25) is 9.97 Å². The third-order valence-corrected chi connectivity index (χ3v) is 10.5. The Morgan fingerprint density at radius 1 is 0.724 bits per heavy atom. The van der Waals surface area contributed by atoms with Crippen molar-refractivity contribution in [2.24, 2.45) is 0 Å². The van der Waals surface area contributed by atoms with E-state index in [0.717, 1.165) is 79.9 Å². The number of hydrogen-bond acceptors (Lipinski definition) is 12. The summed E-state index contributed by atoms with van der Waals surface area (Å²) in [7, 11) is 1.65. The summed E-state index contributed by atoms with van der Waals surface area (Å²) in [5, 5.41) is 9.39. The monoisotopic (exact) mass is 795 g/mol. The van der Waals surface area contributed by atoms with Crippen molar-refractivity contribution >= 4 is 55.8 Å². The molecule has 8 aromatic rings. The van der Waals surface area contributed by atoms with Crippen LogP contribution in [0.2, 0.25) is 0 Å². The number of halogens is 2. The van der Waals surface area contributed by atoms with E-state index in [1.807, 2.05) is 74.5 Å². The smallest absolute Gasteiger partial charge is 0.240 e. The Hall–Kier alpha value is -6.64. The first-order valence-corrected chi connectivity index (χ1v) is 19.4. The van der Waals surface area contributed by atoms with Crippen molar-refractivity contribution < 1.29 is 18.3 Å². The average molecular weight is 796 g/mol. The number of pyridine rings is 4. The number of morpholine rings is 1. The maximum Gasteiger partial charge on any atom is 0.240 e. The summed E-state index contributed by atoms with van der Waals surface area (Å²) in [5.74, 6) is 0.686. The number of ether oxygens (including phenoxy) is 2. The Morgan fingerprint density at radius 2 is 1.31 bits per heavy atom. The van der Waals surface area contributed by atoms with Crippen molar-refractivity contribution in [1.82, 2.24) is 29.3 Å². The van der Waals surface area contributed by atoms with E-state index in [-0.39, 0.29) is 11.6 Å². The number of hydrogen-bond donors (Lipinski definition) is 2. The van der Waals surface area contributed by atoms with E-state index in [1.165, 1.54) is 35.8 Å². The number of benzene rings is 3. The first-order chi connectivity index (χ1) is 28.3. The highest BCUT2D eigenvalue weighted by atomic mass is 32.1. The topological polar surface area (TPSA) is 123 Å². The minimum absolute atomic E-state index is 0.308. The predicted molar refractivity (Wildman–Crippen MR) is 226 cm³/mol. The highest BCUT2D eigenvalue weighted by Crippen LogP contribution is 2.36. The molecule has 0 spiro atoms. The number of nitrogens with one attached hydrogen (secondary N) is 2. The van der Waals surface area contributed by atoms with Gasteiger partial charge in [0.2, 0.25) is 11.1 Å². The minimum Gasteiger partial charge on any atom is -0.497 e. The maximum absolute atomic E-state index is 13.9. The highest BCUT2D eigenvalue weighted by Gasteiger charge is 2.20. The second-order valence-electron chi connectivity index (χ2n) is 13.5. The van der Waals surface area contributed by atoms with Gasteiger partial charge < -0.3 is 25.0 Å². The van der Waals surface area contributed by atoms with Crippen LogP contribution in [0, 0.1) is 25.5 Å². The summed E-state index contributed by atoms with van der Waals surface area (Å²) >= 11 is 1.35. The van der Waals surface area contributed by atoms with Gasteiger partial charge in [0.1, 0.15) is 17.4 Å². The molecule has 1 saturated heterocycles. The summed E-state index contributed by atoms with van der Waals surface area (Å²) in [6.45, 7) is 7.59. The molecule has 0 saturated carbocycles. The summed E-state index contributed by atoms with van der Waals surface area (Å²) in [5.41, 5.74) is 8.80. The molecule has 2 N–H and O–H groups in total. The standard InChI is InChI=1S/C23H20FN3O.C21H19FN6OS/c1-15-22(26-14-16-6-9-18(28-2)10-7-16)19-11-8-17(24)13-21(19)27-23(15)20-5-3-4-12-25-20;1-13-18(25-20-26-21(30-27-20)28-8-10-29-11-9-28)15-6-5-14(22)12-17(15)24-19(13)16-4-2-3-7-23-16/h3-13H,14H2,1-2H3,(H,26,27);2-7,12H,8-11H2,1H3,(H,24,25,27). The van der Waals surface area contributed by atoms with Crippen LogP contribution in [0.5, 0.6) is 5.75 Å². The lowest BCUT2D eigenvalue weighted by Gasteiger charge is -2.25. The zero-order valence-electron chi connectivity index (χ0n) is 32.0. The van der Waals surface area contributed by atoms with Crippen molar-refractivity contribution in [1.29, 1.82) is 0 Å². The fraction of sp³-hybridized carbons (Fsp3) is 0.182. The van der Waals surface area contributed by atoms with Gasteiger partial charge in [-0.2, -0.15) is 9.36 Å². The number of nitrogens with zero attached hydrogens (tertiary/aromatic N) is 7. The molecule has 1 fully saturated rings. The number of aromatic nitrogens is 6. The molecule has 5 aromatic heterocycles. The number of anilines is 4. The molecule has 3 aromatic carbocycles. The van der Waals surface area contributed by atoms with E-state index in [4.69, 9.17) is 9.47 Å². The Kier molecular flexibility index (Phi) is 11.4. The van der Waals surface area contributed by atoms with Gasteiger partial charge in [-0.15, -0.1) is 0 Å². The Labute approximate surface area is 338 Å². The van der Waals surface area contributed by atoms with Gasteiger partial charge in [0.25, 0.3) is 0 Å². The van der Waals surface area contributed by atoms with Gasteiger partial charge in [-0.25, -0.2) is 18.7 Å². The first kappa shape index (κ1) is 38.2. The summed E-state index contributed by atoms with van der Waals surface area (Å²) < 4.78 is 42.9. The van der Waals surface area contributed by atoms with Crippen LogP contribution in [0.1, 0.15) is 16.7 Å². The molecule has 6 heterocycles. The van der Waals surface area contributed by atoms with Crippen LogP contribution in [0.3, 0.4) is 0 Å². The van der Waals surface area contributed by atoms with Crippen molar-refractivity contribution in [3.8, 4) is 28.5 Å². The zero-order chi connectivity index (χ0) is 40.0. The first-order valence-electron chi connectivity index (χ1n) is 18.7. The average Bonchev–Trinajstić information content (AvgIpc) is 3.74. The largest absolute Gasteiger partial charge is 0.497 e. The lowest BCUT2D eigenvalue weighted by molar-refractivity contribution is 0.122. The van der Waals surface area contributed by atoms with Crippen LogP contribution in [0.25, 0.3) is 44.6 Å². The summed E-state index contributed by atoms with van der Waals surface area (Å²) in [4.78, 5) is 25.0. The molecule has 58 heavy (non-hydrogen) atoms. The van der Waals surface area contributed by atoms with Crippen LogP contribution >= 0.6 is 11.5 Å². The minimum atomic E-state index is -0.335. The van der Waals surface area contributed by atoms with Crippen molar-refractivity contribution in [3.05, 3.63) is 138 Å². The molecule has 0 atom stereocenters. The second kappa shape index (κ2) is 17.2. The lowest BCUT2D eigenvalue weighted by atomic mass is 10.0. The van der Waals surface area contributed by atoms with Gasteiger partial charge in [0, 0.05) is 83.3 Å². The normalized spacial score (nSPS) is 12.6. The van der Waals surface area contributed by atoms with E-state index in [0.29, 0.717) is 42.4 Å². The lowest BCUT2D eigenvalue weighted by Crippen LogP contribution is -2.36. The number of fused-ring (bicyclic) bond motifs is 2. The van der Waals surface area contributed by atoms with Crippen molar-refractivity contribution in [2.45, 2.75) is 20.4 Å². The van der Waals surface area contributed by atoms with Crippen molar-refractivity contribution in [2.75, 3.05) is 48.9 Å². The zero-order valence-corrected chi connectivity index (χ0v) is 32.9. The third kappa shape index (κ3) is 8.38. The molecule has 0 radical (unpaired) electrons. The summed E-state index contributed by atoms with van der Waals surface area (Å²) in [6, 6.07) is 28.5. The maximum atomic E-state index is 13.9. The van der Waals surface area contributed by atoms with E-state index < -0.39 is 0 Å². The second-order valence-corrected chi connectivity index (χ2v) is 14.2. The molecule has 0 bridgehead atoms. The Balaban J connectivity index is 0.000000162. The Morgan fingerprint density at radius 3 is 1.88 bits per heavy atom. The van der Waals surface area contributed by atoms with E-state index in [1.54, 1.807) is 31.6 Å². The fourth-order valence-corrected chi connectivity index (χ4v) is 7.44. The molecular formula is C44H39F2N9O2S. The molecular weight excluding hydrogens is 757 g/mol. The molecule has 0 aliphatic carbocycles. The predicted octanol–water partition coefficient (Wildman–Crippen LogP) is 9.54. The molecule has 9 rings (SSSR count). The van der Waals surface area contributed by atoms with E-state index >= 15 is 0 Å². The molecule has 11 nitrogen and oxygen atoms in total. The molecule has 292 valence electrons.